The molecular weight excluding hydrogens is 444 g/mol. The first-order chi connectivity index (χ1) is 15.9. The number of rotatable bonds is 12. The van der Waals surface area contributed by atoms with Crippen molar-refractivity contribution in [3.8, 4) is 0 Å². The Morgan fingerprint density at radius 2 is 1.09 bits per heavy atom. The molecule has 0 unspecified atom stereocenters. The van der Waals surface area contributed by atoms with Crippen LogP contribution < -0.4 is 0 Å². The van der Waals surface area contributed by atoms with Crippen LogP contribution in [-0.2, 0) is 56.9 Å². The van der Waals surface area contributed by atoms with Gasteiger partial charge in [-0.2, -0.15) is 0 Å². The summed E-state index contributed by atoms with van der Waals surface area (Å²) in [5.74, 6) is -0.445. The van der Waals surface area contributed by atoms with Crippen LogP contribution in [0, 0.1) is 0 Å². The van der Waals surface area contributed by atoms with E-state index in [0.717, 1.165) is 0 Å². The lowest BCUT2D eigenvalue weighted by atomic mass is 9.96. The van der Waals surface area contributed by atoms with Gasteiger partial charge in [-0.05, 0) is 0 Å². The van der Waals surface area contributed by atoms with Crippen LogP contribution in [0.3, 0.4) is 0 Å². The predicted octanol–water partition coefficient (Wildman–Crippen LogP) is -0.248. The van der Waals surface area contributed by atoms with E-state index in [1.54, 1.807) is 21.3 Å². The first-order valence-electron chi connectivity index (χ1n) is 10.7. The highest BCUT2D eigenvalue weighted by Gasteiger charge is 2.53. The van der Waals surface area contributed by atoms with Gasteiger partial charge < -0.3 is 52.1 Å². The molecule has 12 nitrogen and oxygen atoms in total. The van der Waals surface area contributed by atoms with Crippen LogP contribution in [0.15, 0.2) is 0 Å². The van der Waals surface area contributed by atoms with E-state index in [0.29, 0.717) is 0 Å². The summed E-state index contributed by atoms with van der Waals surface area (Å²) >= 11 is 0. The third kappa shape index (κ3) is 6.60. The molecule has 0 amide bonds. The molecule has 10 atom stereocenters. The third-order valence-corrected chi connectivity index (χ3v) is 5.85. The van der Waals surface area contributed by atoms with Crippen molar-refractivity contribution >= 4 is 5.97 Å². The topological polar surface area (TPSA) is 119 Å². The average molecular weight is 483 g/mol. The molecule has 12 heteroatoms. The monoisotopic (exact) mass is 482 g/mol. The fourth-order valence-corrected chi connectivity index (χ4v) is 4.33. The second kappa shape index (κ2) is 13.8. The maximum atomic E-state index is 11.4. The highest BCUT2D eigenvalue weighted by molar-refractivity contribution is 5.65. The molecule has 0 aromatic carbocycles. The Hall–Kier alpha value is -0.930. The number of hydrogen-bond donors (Lipinski definition) is 0. The van der Waals surface area contributed by atoms with Crippen LogP contribution in [0.4, 0.5) is 0 Å². The van der Waals surface area contributed by atoms with E-state index in [2.05, 4.69) is 0 Å². The molecule has 0 bridgehead atoms. The molecule has 0 aliphatic carbocycles. The zero-order valence-corrected chi connectivity index (χ0v) is 20.6. The van der Waals surface area contributed by atoms with E-state index in [4.69, 9.17) is 52.1 Å². The van der Waals surface area contributed by atoms with Gasteiger partial charge in [-0.25, -0.2) is 0 Å². The second-order valence-electron chi connectivity index (χ2n) is 7.68. The molecule has 0 radical (unpaired) electrons. The van der Waals surface area contributed by atoms with Crippen molar-refractivity contribution in [2.24, 2.45) is 0 Å². The van der Waals surface area contributed by atoms with Crippen LogP contribution in [-0.4, -0.2) is 130 Å². The van der Waals surface area contributed by atoms with Crippen LogP contribution in [0.1, 0.15) is 6.92 Å². The molecule has 0 aromatic heterocycles. The van der Waals surface area contributed by atoms with Crippen molar-refractivity contribution in [3.63, 3.8) is 0 Å². The van der Waals surface area contributed by atoms with E-state index >= 15 is 0 Å². The van der Waals surface area contributed by atoms with E-state index in [1.807, 2.05) is 0 Å². The number of carbonyl (C=O) groups excluding carboxylic acids is 1. The fraction of sp³-hybridized carbons (Fsp3) is 0.952. The summed E-state index contributed by atoms with van der Waals surface area (Å²) in [5, 5.41) is 0. The largest absolute Gasteiger partial charge is 0.463 e. The minimum atomic E-state index is -0.892. The lowest BCUT2D eigenvalue weighted by Gasteiger charge is -2.49. The summed E-state index contributed by atoms with van der Waals surface area (Å²) in [5.41, 5.74) is 0. The van der Waals surface area contributed by atoms with Crippen LogP contribution >= 0.6 is 0 Å². The molecule has 2 aliphatic heterocycles. The number of methoxy groups -OCH3 is 7. The Kier molecular flexibility index (Phi) is 11.9. The molecule has 2 aliphatic rings. The van der Waals surface area contributed by atoms with Crippen molar-refractivity contribution in [3.05, 3.63) is 0 Å². The summed E-state index contributed by atoms with van der Waals surface area (Å²) < 4.78 is 62.9. The zero-order valence-electron chi connectivity index (χ0n) is 20.6. The Morgan fingerprint density at radius 1 is 0.606 bits per heavy atom. The third-order valence-electron chi connectivity index (χ3n) is 5.85. The first kappa shape index (κ1) is 28.3. The summed E-state index contributed by atoms with van der Waals surface area (Å²) in [7, 11) is 10.7. The SMILES string of the molecule is COC[C@H]1O[C@@H](O[C@@H]2[C@@H](OC)[C@@H](OC)O[C@H](COC(C)=O)[C@H]2OC)[C@H](OC)[C@@H](OC)[C@H]1OC. The van der Waals surface area contributed by atoms with Gasteiger partial charge in [0.25, 0.3) is 0 Å². The summed E-state index contributed by atoms with van der Waals surface area (Å²) in [4.78, 5) is 11.4. The highest BCUT2D eigenvalue weighted by atomic mass is 16.8. The molecule has 2 heterocycles. The van der Waals surface area contributed by atoms with Gasteiger partial charge in [0.05, 0.1) is 6.61 Å². The molecule has 2 fully saturated rings. The second-order valence-corrected chi connectivity index (χ2v) is 7.68. The molecular formula is C21H38O12. The van der Waals surface area contributed by atoms with E-state index < -0.39 is 67.4 Å². The van der Waals surface area contributed by atoms with E-state index in [1.165, 1.54) is 35.4 Å². The molecule has 2 saturated heterocycles. The molecule has 0 saturated carbocycles. The predicted molar refractivity (Wildman–Crippen MR) is 112 cm³/mol. The van der Waals surface area contributed by atoms with Crippen molar-refractivity contribution in [2.45, 2.75) is 68.3 Å². The zero-order chi connectivity index (χ0) is 24.5. The molecule has 2 rings (SSSR count). The Balaban J connectivity index is 2.34. The summed E-state index contributed by atoms with van der Waals surface area (Å²) in [6.45, 7) is 1.51. The smallest absolute Gasteiger partial charge is 0.302 e. The molecule has 0 spiro atoms. The van der Waals surface area contributed by atoms with Crippen molar-refractivity contribution < 1.29 is 56.9 Å². The van der Waals surface area contributed by atoms with Gasteiger partial charge in [0.15, 0.2) is 12.6 Å². The standard InChI is InChI=1S/C21H38O12/c1-11(22)30-10-13-15(25-4)17(19(28-7)20(29-8)31-13)33-21-18(27-6)16(26-5)14(24-3)12(32-21)9-23-2/h12-21H,9-10H2,1-8H3/t12-,13-,14+,15-,16+,17+,18-,19-,20+,21+/m1/s1. The van der Waals surface area contributed by atoms with Gasteiger partial charge in [-0.15, -0.1) is 0 Å². The maximum Gasteiger partial charge on any atom is 0.302 e. The van der Waals surface area contributed by atoms with Gasteiger partial charge in [0.1, 0.15) is 55.4 Å². The van der Waals surface area contributed by atoms with Gasteiger partial charge in [0, 0.05) is 56.7 Å². The Bertz CT molecular complexity index is 577. The number of carbonyl (C=O) groups is 1. The number of ether oxygens (including phenoxy) is 11. The van der Waals surface area contributed by atoms with Crippen LogP contribution in [0.2, 0.25) is 0 Å². The van der Waals surface area contributed by atoms with Gasteiger partial charge in [-0.1, -0.05) is 0 Å². The summed E-state index contributed by atoms with van der Waals surface area (Å²) in [6.07, 6.45) is -6.55. The number of esters is 1. The molecule has 0 aromatic rings. The summed E-state index contributed by atoms with van der Waals surface area (Å²) in [6, 6.07) is 0. The molecule has 0 N–H and O–H groups in total. The van der Waals surface area contributed by atoms with Crippen molar-refractivity contribution in [1.82, 2.24) is 0 Å². The number of hydrogen-bond acceptors (Lipinski definition) is 12. The van der Waals surface area contributed by atoms with Crippen molar-refractivity contribution in [1.29, 1.82) is 0 Å². The Labute approximate surface area is 194 Å². The maximum absolute atomic E-state index is 11.4. The molecule has 33 heavy (non-hydrogen) atoms. The van der Waals surface area contributed by atoms with Crippen LogP contribution in [0.5, 0.6) is 0 Å². The average Bonchev–Trinajstić information content (AvgIpc) is 2.81. The van der Waals surface area contributed by atoms with Crippen molar-refractivity contribution in [2.75, 3.05) is 63.0 Å². The fourth-order valence-electron chi connectivity index (χ4n) is 4.33. The Morgan fingerprint density at radius 3 is 1.58 bits per heavy atom. The lowest BCUT2D eigenvalue weighted by Crippen LogP contribution is -2.66. The minimum Gasteiger partial charge on any atom is -0.463 e. The lowest BCUT2D eigenvalue weighted by molar-refractivity contribution is -0.366. The minimum absolute atomic E-state index is 0.0536. The highest BCUT2D eigenvalue weighted by Crippen LogP contribution is 2.34. The first-order valence-corrected chi connectivity index (χ1v) is 10.7. The quantitative estimate of drug-likeness (QED) is 0.341. The van der Waals surface area contributed by atoms with Gasteiger partial charge >= 0.3 is 5.97 Å². The van der Waals surface area contributed by atoms with Crippen LogP contribution in [0.25, 0.3) is 0 Å². The van der Waals surface area contributed by atoms with E-state index in [9.17, 15) is 4.79 Å². The normalized spacial score (nSPS) is 39.4. The van der Waals surface area contributed by atoms with Gasteiger partial charge in [0.2, 0.25) is 0 Å². The van der Waals surface area contributed by atoms with Gasteiger partial charge in [-0.3, -0.25) is 4.79 Å². The van der Waals surface area contributed by atoms with E-state index in [-0.39, 0.29) is 13.2 Å². The molecule has 194 valence electrons.